The Bertz CT molecular complexity index is 1200. The lowest BCUT2D eigenvalue weighted by Crippen LogP contribution is -2.22. The van der Waals surface area contributed by atoms with Crippen molar-refractivity contribution in [1.82, 2.24) is 5.43 Å². The van der Waals surface area contributed by atoms with Gasteiger partial charge in [-0.3, -0.25) is 9.52 Å². The van der Waals surface area contributed by atoms with Gasteiger partial charge in [0, 0.05) is 30.4 Å². The van der Waals surface area contributed by atoms with Crippen LogP contribution in [0.15, 0.2) is 69.3 Å². The van der Waals surface area contributed by atoms with Crippen molar-refractivity contribution in [3.05, 3.63) is 71.1 Å². The van der Waals surface area contributed by atoms with Crippen molar-refractivity contribution in [2.75, 3.05) is 22.7 Å². The number of anilines is 2. The van der Waals surface area contributed by atoms with Crippen molar-refractivity contribution < 1.29 is 18.3 Å². The number of nitrogens with zero attached hydrogens (tertiary/aromatic N) is 2. The number of nitrogens with one attached hydrogen (secondary N) is 2. The van der Waals surface area contributed by atoms with Gasteiger partial charge in [0.15, 0.2) is 0 Å². The van der Waals surface area contributed by atoms with Crippen LogP contribution in [0.1, 0.15) is 29.8 Å². The molecule has 8 nitrogen and oxygen atoms in total. The number of thiophene rings is 1. The van der Waals surface area contributed by atoms with Gasteiger partial charge in [-0.25, -0.2) is 13.8 Å². The quantitative estimate of drug-likeness (QED) is 0.323. The molecule has 0 spiro atoms. The molecular formula is C22H24N4O4S2. The fourth-order valence-corrected chi connectivity index (χ4v) is 5.10. The number of sulfonamides is 1. The number of hydrazone groups is 1. The average Bonchev–Trinajstić information content (AvgIpc) is 3.32. The molecule has 3 aromatic rings. The number of carbonyl (C=O) groups is 1. The van der Waals surface area contributed by atoms with Crippen LogP contribution in [-0.2, 0) is 10.0 Å². The van der Waals surface area contributed by atoms with Gasteiger partial charge in [0.25, 0.3) is 15.9 Å². The minimum Gasteiger partial charge on any atom is -0.507 e. The smallest absolute Gasteiger partial charge is 0.273 e. The Labute approximate surface area is 191 Å². The molecule has 0 saturated carbocycles. The van der Waals surface area contributed by atoms with E-state index in [-0.39, 0.29) is 21.2 Å². The van der Waals surface area contributed by atoms with Gasteiger partial charge in [-0.15, -0.1) is 11.3 Å². The minimum atomic E-state index is -3.80. The Morgan fingerprint density at radius 1 is 1.12 bits per heavy atom. The third kappa shape index (κ3) is 5.45. The summed E-state index contributed by atoms with van der Waals surface area (Å²) in [5, 5.41) is 15.8. The second-order valence-electron chi connectivity index (χ2n) is 6.70. The number of amides is 1. The molecule has 0 bridgehead atoms. The SMILES string of the molecule is CCN(CC)c1ccc(/C=N/NC(=O)c2ccccc2NS(=O)(=O)c2cccs2)c(O)c1. The molecule has 3 rings (SSSR count). The first-order valence-electron chi connectivity index (χ1n) is 9.92. The number of carbonyl (C=O) groups excluding carboxylic acids is 1. The standard InChI is InChI=1S/C22H24N4O4S2/c1-3-26(4-2)17-12-11-16(20(27)14-17)15-23-24-22(28)18-8-5-6-9-19(18)25-32(29,30)21-10-7-13-31-21/h5-15,25,27H,3-4H2,1-2H3,(H,24,28)/b23-15+. The number of para-hydroxylation sites is 1. The summed E-state index contributed by atoms with van der Waals surface area (Å²) in [7, 11) is -3.80. The van der Waals surface area contributed by atoms with Gasteiger partial charge < -0.3 is 10.0 Å². The fourth-order valence-electron chi connectivity index (χ4n) is 3.03. The highest BCUT2D eigenvalue weighted by Gasteiger charge is 2.19. The van der Waals surface area contributed by atoms with Crippen molar-refractivity contribution in [3.63, 3.8) is 0 Å². The molecule has 3 N–H and O–H groups in total. The molecule has 1 aromatic heterocycles. The van der Waals surface area contributed by atoms with Crippen LogP contribution in [0.5, 0.6) is 5.75 Å². The highest BCUT2D eigenvalue weighted by atomic mass is 32.2. The van der Waals surface area contributed by atoms with Crippen LogP contribution < -0.4 is 15.0 Å². The summed E-state index contributed by atoms with van der Waals surface area (Å²) < 4.78 is 27.6. The van der Waals surface area contributed by atoms with Gasteiger partial charge in [-0.2, -0.15) is 5.10 Å². The van der Waals surface area contributed by atoms with Crippen molar-refractivity contribution in [3.8, 4) is 5.75 Å². The van der Waals surface area contributed by atoms with E-state index >= 15 is 0 Å². The minimum absolute atomic E-state index is 0.0384. The summed E-state index contributed by atoms with van der Waals surface area (Å²) in [5.74, 6) is -0.554. The zero-order valence-corrected chi connectivity index (χ0v) is 19.3. The van der Waals surface area contributed by atoms with Gasteiger partial charge in [-0.1, -0.05) is 18.2 Å². The second kappa shape index (κ2) is 10.3. The Morgan fingerprint density at radius 3 is 2.53 bits per heavy atom. The van der Waals surface area contributed by atoms with E-state index in [0.717, 1.165) is 30.1 Å². The third-order valence-corrected chi connectivity index (χ3v) is 7.45. The zero-order chi connectivity index (χ0) is 23.1. The Hall–Kier alpha value is -3.37. The first-order chi connectivity index (χ1) is 15.4. The van der Waals surface area contributed by atoms with Crippen LogP contribution in [0.25, 0.3) is 0 Å². The number of phenols is 1. The summed E-state index contributed by atoms with van der Waals surface area (Å²) >= 11 is 1.08. The predicted molar refractivity (Wildman–Crippen MR) is 128 cm³/mol. The van der Waals surface area contributed by atoms with Crippen LogP contribution in [0, 0.1) is 0 Å². The molecule has 0 aliphatic rings. The van der Waals surface area contributed by atoms with Crippen LogP contribution in [-0.4, -0.2) is 38.7 Å². The van der Waals surface area contributed by atoms with E-state index in [4.69, 9.17) is 0 Å². The molecule has 2 aromatic carbocycles. The highest BCUT2D eigenvalue weighted by molar-refractivity contribution is 7.94. The lowest BCUT2D eigenvalue weighted by molar-refractivity contribution is 0.0956. The predicted octanol–water partition coefficient (Wildman–Crippen LogP) is 3.86. The van der Waals surface area contributed by atoms with E-state index in [1.165, 1.54) is 24.4 Å². The van der Waals surface area contributed by atoms with Crippen LogP contribution >= 0.6 is 11.3 Å². The number of hydrogen-bond acceptors (Lipinski definition) is 7. The van der Waals surface area contributed by atoms with Crippen LogP contribution in [0.4, 0.5) is 11.4 Å². The molecule has 0 atom stereocenters. The maximum Gasteiger partial charge on any atom is 0.273 e. The second-order valence-corrected chi connectivity index (χ2v) is 9.55. The van der Waals surface area contributed by atoms with Gasteiger partial charge in [0.2, 0.25) is 0 Å². The summed E-state index contributed by atoms with van der Waals surface area (Å²) in [6, 6.07) is 14.6. The van der Waals surface area contributed by atoms with Crippen molar-refractivity contribution in [1.29, 1.82) is 0 Å². The van der Waals surface area contributed by atoms with Gasteiger partial charge in [0.1, 0.15) is 9.96 Å². The molecule has 32 heavy (non-hydrogen) atoms. The first-order valence-corrected chi connectivity index (χ1v) is 12.3. The summed E-state index contributed by atoms with van der Waals surface area (Å²) in [6.45, 7) is 5.69. The zero-order valence-electron chi connectivity index (χ0n) is 17.6. The Kier molecular flexibility index (Phi) is 7.49. The van der Waals surface area contributed by atoms with E-state index < -0.39 is 15.9 Å². The van der Waals surface area contributed by atoms with Crippen LogP contribution in [0.2, 0.25) is 0 Å². The van der Waals surface area contributed by atoms with Gasteiger partial charge in [-0.05, 0) is 49.6 Å². The van der Waals surface area contributed by atoms with E-state index in [1.54, 1.807) is 35.7 Å². The summed E-state index contributed by atoms with van der Waals surface area (Å²) in [6.07, 6.45) is 1.33. The van der Waals surface area contributed by atoms with Crippen molar-refractivity contribution in [2.24, 2.45) is 5.10 Å². The molecule has 0 aliphatic carbocycles. The molecule has 1 amide bonds. The molecule has 168 valence electrons. The average molecular weight is 473 g/mol. The molecule has 0 aliphatic heterocycles. The maximum atomic E-state index is 12.6. The van der Waals surface area contributed by atoms with E-state index in [1.807, 2.05) is 19.9 Å². The highest BCUT2D eigenvalue weighted by Crippen LogP contribution is 2.24. The number of aromatic hydroxyl groups is 1. The molecule has 1 heterocycles. The largest absolute Gasteiger partial charge is 0.507 e. The number of rotatable bonds is 9. The number of benzene rings is 2. The molecule has 0 unspecified atom stereocenters. The van der Waals surface area contributed by atoms with Crippen molar-refractivity contribution in [2.45, 2.75) is 18.1 Å². The monoisotopic (exact) mass is 472 g/mol. The third-order valence-electron chi connectivity index (χ3n) is 4.69. The van der Waals surface area contributed by atoms with Crippen LogP contribution in [0.3, 0.4) is 0 Å². The van der Waals surface area contributed by atoms with Gasteiger partial charge >= 0.3 is 0 Å². The Morgan fingerprint density at radius 2 is 1.88 bits per heavy atom. The Balaban J connectivity index is 1.73. The molecule has 10 heteroatoms. The number of hydrogen-bond donors (Lipinski definition) is 3. The van der Waals surface area contributed by atoms with Crippen molar-refractivity contribution >= 4 is 44.9 Å². The first kappa shape index (κ1) is 23.3. The van der Waals surface area contributed by atoms with Gasteiger partial charge in [0.05, 0.1) is 17.5 Å². The molecule has 0 fully saturated rings. The normalized spacial score (nSPS) is 11.4. The summed E-state index contributed by atoms with van der Waals surface area (Å²) in [5.41, 5.74) is 3.95. The summed E-state index contributed by atoms with van der Waals surface area (Å²) in [4.78, 5) is 14.7. The molecule has 0 saturated heterocycles. The lowest BCUT2D eigenvalue weighted by atomic mass is 10.2. The fraction of sp³-hybridized carbons (Fsp3) is 0.182. The molecule has 0 radical (unpaired) electrons. The molecular weight excluding hydrogens is 448 g/mol. The van der Waals surface area contributed by atoms with E-state index in [2.05, 4.69) is 20.1 Å². The van der Waals surface area contributed by atoms with E-state index in [9.17, 15) is 18.3 Å². The maximum absolute atomic E-state index is 12.6. The van der Waals surface area contributed by atoms with E-state index in [0.29, 0.717) is 5.56 Å². The number of phenolic OH excluding ortho intramolecular Hbond substituents is 1. The topological polar surface area (TPSA) is 111 Å². The lowest BCUT2D eigenvalue weighted by Gasteiger charge is -2.21.